The summed E-state index contributed by atoms with van der Waals surface area (Å²) in [6.07, 6.45) is 4.11. The second-order valence-electron chi connectivity index (χ2n) is 7.49. The number of rotatable bonds is 7. The van der Waals surface area contributed by atoms with Crippen molar-refractivity contribution in [3.63, 3.8) is 0 Å². The van der Waals surface area contributed by atoms with E-state index in [0.29, 0.717) is 31.7 Å². The van der Waals surface area contributed by atoms with E-state index in [1.165, 1.54) is 0 Å². The highest BCUT2D eigenvalue weighted by molar-refractivity contribution is 5.95. The van der Waals surface area contributed by atoms with Crippen molar-refractivity contribution >= 4 is 17.3 Å². The molecular formula is C22H25N5O2. The third-order valence-electron chi connectivity index (χ3n) is 4.92. The number of fused-ring (bicyclic) bond motifs is 1. The van der Waals surface area contributed by atoms with Crippen LogP contribution in [0.1, 0.15) is 23.0 Å². The summed E-state index contributed by atoms with van der Waals surface area (Å²) in [6, 6.07) is 15.5. The van der Waals surface area contributed by atoms with Crippen LogP contribution in [0.25, 0.3) is 0 Å². The topological polar surface area (TPSA) is 91.1 Å². The van der Waals surface area contributed by atoms with E-state index in [-0.39, 0.29) is 11.4 Å². The molecule has 1 unspecified atom stereocenters. The third-order valence-corrected chi connectivity index (χ3v) is 4.92. The van der Waals surface area contributed by atoms with Gasteiger partial charge in [0, 0.05) is 42.7 Å². The molecule has 150 valence electrons. The zero-order chi connectivity index (χ0) is 20.1. The van der Waals surface area contributed by atoms with E-state index in [2.05, 4.69) is 32.8 Å². The van der Waals surface area contributed by atoms with Crippen LogP contribution in [0.4, 0.5) is 11.4 Å². The van der Waals surface area contributed by atoms with Crippen LogP contribution in [0, 0.1) is 0 Å². The Bertz CT molecular complexity index is 959. The second kappa shape index (κ2) is 8.26. The summed E-state index contributed by atoms with van der Waals surface area (Å²) >= 11 is 0. The maximum atomic E-state index is 12.5. The minimum absolute atomic E-state index is 0.108. The van der Waals surface area contributed by atoms with Crippen molar-refractivity contribution < 1.29 is 9.53 Å². The maximum Gasteiger partial charge on any atom is 0.251 e. The zero-order valence-electron chi connectivity index (χ0n) is 16.4. The molecule has 0 fully saturated rings. The molecule has 1 aliphatic rings. The molecule has 0 bridgehead atoms. The fourth-order valence-corrected chi connectivity index (χ4v) is 3.28. The monoisotopic (exact) mass is 391 g/mol. The first-order valence-corrected chi connectivity index (χ1v) is 9.71. The van der Waals surface area contributed by atoms with Gasteiger partial charge in [-0.3, -0.25) is 4.79 Å². The average Bonchev–Trinajstić information content (AvgIpc) is 3.26. The Morgan fingerprint density at radius 2 is 2.10 bits per heavy atom. The molecule has 1 amide bonds. The Morgan fingerprint density at radius 3 is 2.90 bits per heavy atom. The van der Waals surface area contributed by atoms with Crippen LogP contribution in [0.2, 0.25) is 0 Å². The number of H-pyrrole nitrogens is 1. The van der Waals surface area contributed by atoms with Gasteiger partial charge >= 0.3 is 0 Å². The molecule has 1 aliphatic heterocycles. The number of anilines is 2. The summed E-state index contributed by atoms with van der Waals surface area (Å²) in [6.45, 7) is 3.87. The highest BCUT2D eigenvalue weighted by atomic mass is 16.5. The first-order valence-electron chi connectivity index (χ1n) is 9.71. The van der Waals surface area contributed by atoms with Crippen molar-refractivity contribution in [2.45, 2.75) is 18.9 Å². The number of carbonyl (C=O) groups excluding carboxylic acids is 1. The minimum Gasteiger partial charge on any atom is -0.489 e. The van der Waals surface area contributed by atoms with Crippen molar-refractivity contribution in [3.8, 4) is 5.75 Å². The number of aromatic amines is 1. The largest absolute Gasteiger partial charge is 0.489 e. The summed E-state index contributed by atoms with van der Waals surface area (Å²) < 4.78 is 5.95. The van der Waals surface area contributed by atoms with E-state index in [0.717, 1.165) is 22.8 Å². The minimum atomic E-state index is -0.293. The van der Waals surface area contributed by atoms with Gasteiger partial charge in [-0.15, -0.1) is 0 Å². The summed E-state index contributed by atoms with van der Waals surface area (Å²) in [4.78, 5) is 19.5. The second-order valence-corrected chi connectivity index (χ2v) is 7.49. The van der Waals surface area contributed by atoms with Crippen LogP contribution >= 0.6 is 0 Å². The van der Waals surface area contributed by atoms with Gasteiger partial charge in [-0.25, -0.2) is 4.98 Å². The average molecular weight is 391 g/mol. The number of ether oxygens (including phenoxy) is 1. The molecule has 2 aromatic carbocycles. The molecule has 2 heterocycles. The lowest BCUT2D eigenvalue weighted by molar-refractivity contribution is 0.0954. The summed E-state index contributed by atoms with van der Waals surface area (Å²) in [5.74, 6) is 0.653. The Morgan fingerprint density at radius 1 is 1.24 bits per heavy atom. The first-order chi connectivity index (χ1) is 14.1. The number of aromatic nitrogens is 2. The number of benzene rings is 2. The van der Waals surface area contributed by atoms with Crippen LogP contribution in [-0.2, 0) is 6.42 Å². The molecule has 3 aromatic rings. The maximum absolute atomic E-state index is 12.5. The molecule has 1 aromatic heterocycles. The van der Waals surface area contributed by atoms with Gasteiger partial charge in [0.2, 0.25) is 0 Å². The fraction of sp³-hybridized carbons (Fsp3) is 0.273. The molecule has 29 heavy (non-hydrogen) atoms. The molecule has 0 aliphatic carbocycles. The van der Waals surface area contributed by atoms with Crippen LogP contribution in [0.15, 0.2) is 61.1 Å². The van der Waals surface area contributed by atoms with E-state index in [9.17, 15) is 4.79 Å². The van der Waals surface area contributed by atoms with E-state index in [4.69, 9.17) is 4.74 Å². The van der Waals surface area contributed by atoms with Crippen molar-refractivity contribution in [1.29, 1.82) is 0 Å². The first kappa shape index (κ1) is 18.9. The molecule has 0 saturated carbocycles. The van der Waals surface area contributed by atoms with Gasteiger partial charge in [0.05, 0.1) is 17.6 Å². The summed E-state index contributed by atoms with van der Waals surface area (Å²) in [5.41, 5.74) is 3.19. The molecule has 7 nitrogen and oxygen atoms in total. The van der Waals surface area contributed by atoms with Crippen molar-refractivity contribution in [2.75, 3.05) is 30.3 Å². The Labute approximate surface area is 169 Å². The fourth-order valence-electron chi connectivity index (χ4n) is 3.28. The Balaban J connectivity index is 1.37. The number of hydrogen-bond donors (Lipinski definition) is 4. The number of nitrogens with zero attached hydrogens (tertiary/aromatic N) is 1. The third kappa shape index (κ3) is 4.68. The van der Waals surface area contributed by atoms with E-state index in [1.54, 1.807) is 18.6 Å². The van der Waals surface area contributed by atoms with Gasteiger partial charge in [0.25, 0.3) is 5.91 Å². The number of imidazole rings is 1. The highest BCUT2D eigenvalue weighted by Gasteiger charge is 2.31. The van der Waals surface area contributed by atoms with Gasteiger partial charge < -0.3 is 25.7 Å². The lowest BCUT2D eigenvalue weighted by atomic mass is 10.00. The van der Waals surface area contributed by atoms with Gasteiger partial charge in [-0.1, -0.05) is 18.2 Å². The summed E-state index contributed by atoms with van der Waals surface area (Å²) in [5, 5.41) is 9.91. The quantitative estimate of drug-likeness (QED) is 0.497. The molecule has 0 radical (unpaired) electrons. The predicted molar refractivity (Wildman–Crippen MR) is 114 cm³/mol. The normalized spacial score (nSPS) is 17.6. The summed E-state index contributed by atoms with van der Waals surface area (Å²) in [7, 11) is 0. The zero-order valence-corrected chi connectivity index (χ0v) is 16.4. The Hall–Kier alpha value is -3.48. The lowest BCUT2D eigenvalue weighted by Crippen LogP contribution is -2.49. The SMILES string of the molecule is CC1(CNc2ccccc2)COc2ccc(C(=O)NCCc3cnc[nH]3)cc2N1. The molecule has 4 rings (SSSR count). The number of para-hydroxylation sites is 1. The highest BCUT2D eigenvalue weighted by Crippen LogP contribution is 2.33. The smallest absolute Gasteiger partial charge is 0.251 e. The molecule has 0 saturated heterocycles. The molecule has 4 N–H and O–H groups in total. The van der Waals surface area contributed by atoms with Crippen molar-refractivity contribution in [1.82, 2.24) is 15.3 Å². The predicted octanol–water partition coefficient (Wildman–Crippen LogP) is 3.06. The van der Waals surface area contributed by atoms with Crippen LogP contribution in [0.3, 0.4) is 0 Å². The lowest BCUT2D eigenvalue weighted by Gasteiger charge is -2.37. The van der Waals surface area contributed by atoms with Crippen LogP contribution in [-0.4, -0.2) is 41.1 Å². The molecule has 7 heteroatoms. The standard InChI is InChI=1S/C22H25N5O2/c1-22(13-25-17-5-3-2-4-6-17)14-29-20-8-7-16(11-19(20)27-22)21(28)24-10-9-18-12-23-15-26-18/h2-8,11-12,15,25,27H,9-10,13-14H2,1H3,(H,23,26)(H,24,28). The van der Waals surface area contributed by atoms with Crippen LogP contribution < -0.4 is 20.7 Å². The number of amides is 1. The molecule has 0 spiro atoms. The van der Waals surface area contributed by atoms with Crippen molar-refractivity contribution in [2.24, 2.45) is 0 Å². The van der Waals surface area contributed by atoms with Gasteiger partial charge in [0.1, 0.15) is 12.4 Å². The number of carbonyl (C=O) groups is 1. The van der Waals surface area contributed by atoms with Gasteiger partial charge in [-0.05, 0) is 37.3 Å². The molecule has 1 atom stereocenters. The van der Waals surface area contributed by atoms with E-state index >= 15 is 0 Å². The van der Waals surface area contributed by atoms with E-state index < -0.39 is 0 Å². The molecular weight excluding hydrogens is 366 g/mol. The number of nitrogens with one attached hydrogen (secondary N) is 4. The Kier molecular flexibility index (Phi) is 5.37. The van der Waals surface area contributed by atoms with Crippen LogP contribution in [0.5, 0.6) is 5.75 Å². The number of hydrogen-bond acceptors (Lipinski definition) is 5. The van der Waals surface area contributed by atoms with E-state index in [1.807, 2.05) is 42.5 Å². The van der Waals surface area contributed by atoms with Crippen molar-refractivity contribution in [3.05, 3.63) is 72.3 Å². The van der Waals surface area contributed by atoms with Gasteiger partial charge in [-0.2, -0.15) is 0 Å². The van der Waals surface area contributed by atoms with Gasteiger partial charge in [0.15, 0.2) is 0 Å².